The van der Waals surface area contributed by atoms with Gasteiger partial charge < -0.3 is 11.1 Å². The topological polar surface area (TPSA) is 93.2 Å². The number of primary amides is 1. The summed E-state index contributed by atoms with van der Waals surface area (Å²) in [5.74, 6) is -1.33. The van der Waals surface area contributed by atoms with Crippen LogP contribution in [0.3, 0.4) is 0 Å². The Bertz CT molecular complexity index is 1210. The van der Waals surface area contributed by atoms with Crippen LogP contribution in [0.5, 0.6) is 0 Å². The number of alkyl halides is 3. The first kappa shape index (κ1) is 23.8. The molecule has 0 spiro atoms. The molecule has 1 aromatic heterocycles. The average molecular weight is 492 g/mol. The zero-order valence-electron chi connectivity index (χ0n) is 17.8. The van der Waals surface area contributed by atoms with E-state index in [0.29, 0.717) is 34.9 Å². The number of likely N-dealkylation sites (tertiary alicyclic amines) is 1. The highest BCUT2D eigenvalue weighted by atomic mass is 35.5. The molecule has 1 aliphatic rings. The predicted molar refractivity (Wildman–Crippen MR) is 121 cm³/mol. The summed E-state index contributed by atoms with van der Waals surface area (Å²) < 4.78 is 42.3. The Morgan fingerprint density at radius 3 is 2.59 bits per heavy atom. The Balaban J connectivity index is 1.57. The van der Waals surface area contributed by atoms with Gasteiger partial charge in [-0.3, -0.25) is 14.5 Å². The minimum Gasteiger partial charge on any atom is -0.368 e. The van der Waals surface area contributed by atoms with Crippen LogP contribution >= 0.6 is 11.6 Å². The third-order valence-electron chi connectivity index (χ3n) is 5.62. The van der Waals surface area contributed by atoms with E-state index in [2.05, 4.69) is 10.4 Å². The number of rotatable bonds is 6. The van der Waals surface area contributed by atoms with Gasteiger partial charge in [-0.2, -0.15) is 18.3 Å². The molecule has 1 fully saturated rings. The molecule has 0 aliphatic carbocycles. The van der Waals surface area contributed by atoms with E-state index in [1.54, 1.807) is 18.2 Å². The summed E-state index contributed by atoms with van der Waals surface area (Å²) in [5.41, 5.74) is 4.89. The van der Waals surface area contributed by atoms with Gasteiger partial charge in [0.05, 0.1) is 23.5 Å². The zero-order valence-corrected chi connectivity index (χ0v) is 18.6. The molecule has 0 bridgehead atoms. The minimum absolute atomic E-state index is 0.118. The van der Waals surface area contributed by atoms with Crippen LogP contribution in [0, 0.1) is 0 Å². The van der Waals surface area contributed by atoms with E-state index in [0.717, 1.165) is 18.2 Å². The van der Waals surface area contributed by atoms with Crippen molar-refractivity contribution in [1.29, 1.82) is 0 Å². The second-order valence-electron chi connectivity index (χ2n) is 7.98. The molecule has 1 unspecified atom stereocenters. The number of aromatic nitrogens is 2. The van der Waals surface area contributed by atoms with Crippen molar-refractivity contribution in [2.75, 3.05) is 11.9 Å². The summed E-state index contributed by atoms with van der Waals surface area (Å²) in [6.45, 7) is 1.14. The number of nitrogens with two attached hydrogens (primary N) is 1. The van der Waals surface area contributed by atoms with Crippen LogP contribution in [0.4, 0.5) is 18.9 Å². The Labute approximate surface area is 198 Å². The van der Waals surface area contributed by atoms with Gasteiger partial charge in [-0.1, -0.05) is 23.7 Å². The van der Waals surface area contributed by atoms with Crippen LogP contribution in [-0.2, 0) is 17.5 Å². The molecule has 178 valence electrons. The molecule has 0 radical (unpaired) electrons. The fourth-order valence-corrected chi connectivity index (χ4v) is 4.21. The molecule has 7 nitrogen and oxygen atoms in total. The summed E-state index contributed by atoms with van der Waals surface area (Å²) in [4.78, 5) is 26.4. The molecular formula is C23H21ClF3N5O2. The van der Waals surface area contributed by atoms with Gasteiger partial charge in [0.25, 0.3) is 5.91 Å². The second kappa shape index (κ2) is 9.47. The van der Waals surface area contributed by atoms with Crippen molar-refractivity contribution in [3.63, 3.8) is 0 Å². The molecule has 2 amide bonds. The van der Waals surface area contributed by atoms with Crippen molar-refractivity contribution < 1.29 is 22.8 Å². The molecule has 1 atom stereocenters. The molecule has 4 rings (SSSR count). The number of halogens is 4. The molecule has 11 heteroatoms. The molecule has 1 saturated heterocycles. The Morgan fingerprint density at radius 2 is 1.91 bits per heavy atom. The second-order valence-corrected chi connectivity index (χ2v) is 8.41. The number of carbonyl (C=O) groups excluding carboxylic acids is 2. The lowest BCUT2D eigenvalue weighted by atomic mass is 10.1. The smallest absolute Gasteiger partial charge is 0.368 e. The van der Waals surface area contributed by atoms with Gasteiger partial charge in [0, 0.05) is 17.3 Å². The van der Waals surface area contributed by atoms with E-state index in [1.165, 1.54) is 24.3 Å². The predicted octanol–water partition coefficient (Wildman–Crippen LogP) is 4.25. The highest BCUT2D eigenvalue weighted by Crippen LogP contribution is 2.34. The van der Waals surface area contributed by atoms with Gasteiger partial charge in [0.2, 0.25) is 5.91 Å². The van der Waals surface area contributed by atoms with Crippen LogP contribution in [0.1, 0.15) is 34.5 Å². The molecule has 34 heavy (non-hydrogen) atoms. The maximum absolute atomic E-state index is 13.9. The van der Waals surface area contributed by atoms with Crippen LogP contribution in [0.15, 0.2) is 54.7 Å². The van der Waals surface area contributed by atoms with Gasteiger partial charge in [-0.15, -0.1) is 0 Å². The first-order chi connectivity index (χ1) is 16.1. The monoisotopic (exact) mass is 491 g/mol. The largest absolute Gasteiger partial charge is 0.434 e. The number of amides is 2. The fraction of sp³-hybridized carbons (Fsp3) is 0.261. The maximum atomic E-state index is 13.9. The van der Waals surface area contributed by atoms with E-state index in [-0.39, 0.29) is 17.6 Å². The fourth-order valence-electron chi connectivity index (χ4n) is 4.08. The molecule has 0 saturated carbocycles. The van der Waals surface area contributed by atoms with Crippen molar-refractivity contribution in [2.45, 2.75) is 31.6 Å². The molecular weight excluding hydrogens is 471 g/mol. The van der Waals surface area contributed by atoms with Crippen molar-refractivity contribution in [3.05, 3.63) is 76.6 Å². The van der Waals surface area contributed by atoms with E-state index in [4.69, 9.17) is 17.3 Å². The van der Waals surface area contributed by atoms with Gasteiger partial charge in [-0.05, 0) is 61.3 Å². The molecule has 2 heterocycles. The standard InChI is InChI=1S/C23H21ClF3N5O2/c24-15-6-8-17(9-7-15)32-20(23(25,26)27)18(12-29-32)22(34)30-16-4-1-3-14(11-16)13-31-10-2-5-19(31)21(28)33/h1,3-4,6-9,11-12,19H,2,5,10,13H2,(H2,28,33)(H,30,34). The zero-order chi connectivity index (χ0) is 24.5. The van der Waals surface area contributed by atoms with E-state index in [9.17, 15) is 22.8 Å². The SMILES string of the molecule is NC(=O)C1CCCN1Cc1cccc(NC(=O)c2cnn(-c3ccc(Cl)cc3)c2C(F)(F)F)c1. The van der Waals surface area contributed by atoms with Crippen LogP contribution in [0.2, 0.25) is 5.02 Å². The Morgan fingerprint density at radius 1 is 1.18 bits per heavy atom. The summed E-state index contributed by atoms with van der Waals surface area (Å²) in [6, 6.07) is 12.0. The summed E-state index contributed by atoms with van der Waals surface area (Å²) >= 11 is 5.82. The van der Waals surface area contributed by atoms with Gasteiger partial charge in [0.15, 0.2) is 5.69 Å². The minimum atomic E-state index is -4.83. The number of hydrogen-bond acceptors (Lipinski definition) is 4. The maximum Gasteiger partial charge on any atom is 0.434 e. The van der Waals surface area contributed by atoms with Crippen molar-refractivity contribution in [2.24, 2.45) is 5.73 Å². The number of benzene rings is 2. The molecule has 1 aliphatic heterocycles. The van der Waals surface area contributed by atoms with Crippen LogP contribution in [-0.4, -0.2) is 39.1 Å². The lowest BCUT2D eigenvalue weighted by molar-refractivity contribution is -0.143. The lowest BCUT2D eigenvalue weighted by Gasteiger charge is -2.22. The Hall–Kier alpha value is -3.37. The molecule has 2 aromatic carbocycles. The molecule has 3 N–H and O–H groups in total. The number of nitrogens with one attached hydrogen (secondary N) is 1. The van der Waals surface area contributed by atoms with Crippen LogP contribution < -0.4 is 11.1 Å². The van der Waals surface area contributed by atoms with E-state index < -0.39 is 23.3 Å². The van der Waals surface area contributed by atoms with Crippen molar-refractivity contribution in [3.8, 4) is 5.69 Å². The summed E-state index contributed by atoms with van der Waals surface area (Å²) in [6.07, 6.45) is -2.41. The first-order valence-electron chi connectivity index (χ1n) is 10.5. The van der Waals surface area contributed by atoms with E-state index >= 15 is 0 Å². The van der Waals surface area contributed by atoms with Gasteiger partial charge in [-0.25, -0.2) is 4.68 Å². The molecule has 3 aromatic rings. The van der Waals surface area contributed by atoms with Crippen molar-refractivity contribution in [1.82, 2.24) is 14.7 Å². The third-order valence-corrected chi connectivity index (χ3v) is 5.87. The number of nitrogens with zero attached hydrogens (tertiary/aromatic N) is 3. The highest BCUT2D eigenvalue weighted by molar-refractivity contribution is 6.30. The number of hydrogen-bond donors (Lipinski definition) is 2. The number of carbonyl (C=O) groups is 2. The first-order valence-corrected chi connectivity index (χ1v) is 10.9. The van der Waals surface area contributed by atoms with E-state index in [1.807, 2.05) is 11.0 Å². The lowest BCUT2D eigenvalue weighted by Crippen LogP contribution is -2.39. The average Bonchev–Trinajstić information content (AvgIpc) is 3.42. The van der Waals surface area contributed by atoms with Gasteiger partial charge in [0.1, 0.15) is 0 Å². The van der Waals surface area contributed by atoms with Crippen molar-refractivity contribution >= 4 is 29.1 Å². The van der Waals surface area contributed by atoms with Crippen LogP contribution in [0.25, 0.3) is 5.69 Å². The summed E-state index contributed by atoms with van der Waals surface area (Å²) in [5, 5.41) is 6.68. The quantitative estimate of drug-likeness (QED) is 0.539. The normalized spacial score (nSPS) is 16.5. The van der Waals surface area contributed by atoms with Gasteiger partial charge >= 0.3 is 6.18 Å². The third kappa shape index (κ3) is 5.07. The Kier molecular flexibility index (Phi) is 6.63. The summed E-state index contributed by atoms with van der Waals surface area (Å²) in [7, 11) is 0. The highest BCUT2D eigenvalue weighted by Gasteiger charge is 2.40. The number of anilines is 1.